The van der Waals surface area contributed by atoms with E-state index < -0.39 is 5.91 Å². The molecular formula is C10H9NO3. The first-order chi connectivity index (χ1) is 6.79. The predicted molar refractivity (Wildman–Crippen MR) is 50.0 cm³/mol. The van der Waals surface area contributed by atoms with Crippen LogP contribution in [0.5, 0.6) is 0 Å². The van der Waals surface area contributed by atoms with Crippen molar-refractivity contribution in [3.05, 3.63) is 41.7 Å². The molecule has 0 saturated heterocycles. The summed E-state index contributed by atoms with van der Waals surface area (Å²) in [6.45, 7) is 0.183. The minimum Gasteiger partial charge on any atom is -0.461 e. The standard InChI is InChI=1S/C10H9NO3/c11-10(12)8-4-2-1-3-7(8)9-5-13-6-14-9/h1-5H,6H2,(H2,11,12). The van der Waals surface area contributed by atoms with Gasteiger partial charge in [-0.1, -0.05) is 18.2 Å². The lowest BCUT2D eigenvalue weighted by Gasteiger charge is -2.05. The predicted octanol–water partition coefficient (Wildman–Crippen LogP) is 1.09. The van der Waals surface area contributed by atoms with Crippen LogP contribution in [0.15, 0.2) is 30.5 Å². The van der Waals surface area contributed by atoms with Gasteiger partial charge >= 0.3 is 0 Å². The molecule has 0 radical (unpaired) electrons. The zero-order valence-corrected chi connectivity index (χ0v) is 7.40. The number of nitrogens with two attached hydrogens (primary N) is 1. The average molecular weight is 191 g/mol. The molecule has 1 aliphatic rings. The topological polar surface area (TPSA) is 61.6 Å². The first-order valence-corrected chi connectivity index (χ1v) is 4.13. The molecule has 1 aromatic carbocycles. The SMILES string of the molecule is NC(=O)c1ccccc1C1=COCO1. The summed E-state index contributed by atoms with van der Waals surface area (Å²) in [6.07, 6.45) is 1.47. The summed E-state index contributed by atoms with van der Waals surface area (Å²) in [5.41, 5.74) is 6.32. The van der Waals surface area contributed by atoms with Gasteiger partial charge in [-0.15, -0.1) is 0 Å². The normalized spacial score (nSPS) is 14.1. The summed E-state index contributed by atoms with van der Waals surface area (Å²) >= 11 is 0. The number of amides is 1. The number of rotatable bonds is 2. The lowest BCUT2D eigenvalue weighted by Crippen LogP contribution is -2.13. The lowest BCUT2D eigenvalue weighted by atomic mass is 10.1. The van der Waals surface area contributed by atoms with E-state index in [1.54, 1.807) is 18.2 Å². The van der Waals surface area contributed by atoms with Gasteiger partial charge in [-0.25, -0.2) is 0 Å². The smallest absolute Gasteiger partial charge is 0.249 e. The van der Waals surface area contributed by atoms with Crippen LogP contribution >= 0.6 is 0 Å². The summed E-state index contributed by atoms with van der Waals surface area (Å²) in [5, 5.41) is 0. The second-order valence-electron chi connectivity index (χ2n) is 2.82. The number of hydrogen-bond donors (Lipinski definition) is 1. The first-order valence-electron chi connectivity index (χ1n) is 4.13. The Kier molecular flexibility index (Phi) is 2.10. The molecular weight excluding hydrogens is 182 g/mol. The summed E-state index contributed by atoms with van der Waals surface area (Å²) < 4.78 is 10.1. The van der Waals surface area contributed by atoms with Crippen molar-refractivity contribution in [2.75, 3.05) is 6.79 Å². The third-order valence-electron chi connectivity index (χ3n) is 1.93. The molecule has 0 spiro atoms. The number of ether oxygens (including phenoxy) is 2. The van der Waals surface area contributed by atoms with Crippen LogP contribution in [0.1, 0.15) is 15.9 Å². The maximum absolute atomic E-state index is 11.1. The molecule has 4 heteroatoms. The molecule has 0 unspecified atom stereocenters. The molecule has 4 nitrogen and oxygen atoms in total. The van der Waals surface area contributed by atoms with Crippen molar-refractivity contribution in [3.8, 4) is 0 Å². The van der Waals surface area contributed by atoms with E-state index in [2.05, 4.69) is 0 Å². The van der Waals surface area contributed by atoms with Crippen molar-refractivity contribution >= 4 is 11.7 Å². The molecule has 0 bridgehead atoms. The van der Waals surface area contributed by atoms with E-state index in [1.807, 2.05) is 6.07 Å². The van der Waals surface area contributed by atoms with Crippen LogP contribution in [0, 0.1) is 0 Å². The van der Waals surface area contributed by atoms with Gasteiger partial charge in [0.05, 0.1) is 5.56 Å². The monoisotopic (exact) mass is 191 g/mol. The Labute approximate surface area is 80.9 Å². The summed E-state index contributed by atoms with van der Waals surface area (Å²) in [5.74, 6) is 0.0661. The molecule has 0 atom stereocenters. The molecule has 1 aromatic rings. The van der Waals surface area contributed by atoms with E-state index >= 15 is 0 Å². The largest absolute Gasteiger partial charge is 0.461 e. The molecule has 0 saturated carbocycles. The Morgan fingerprint density at radius 2 is 2.14 bits per heavy atom. The third-order valence-corrected chi connectivity index (χ3v) is 1.93. The van der Waals surface area contributed by atoms with Crippen LogP contribution in [-0.4, -0.2) is 12.7 Å². The van der Waals surface area contributed by atoms with Crippen LogP contribution in [-0.2, 0) is 9.47 Å². The fraction of sp³-hybridized carbons (Fsp3) is 0.100. The van der Waals surface area contributed by atoms with Gasteiger partial charge in [0.2, 0.25) is 12.7 Å². The first kappa shape index (κ1) is 8.62. The maximum Gasteiger partial charge on any atom is 0.249 e. The molecule has 0 aromatic heterocycles. The molecule has 1 amide bonds. The van der Waals surface area contributed by atoms with E-state index in [-0.39, 0.29) is 6.79 Å². The number of carbonyl (C=O) groups is 1. The van der Waals surface area contributed by atoms with Gasteiger partial charge < -0.3 is 15.2 Å². The Bertz CT molecular complexity index is 398. The fourth-order valence-corrected chi connectivity index (χ4v) is 1.30. The van der Waals surface area contributed by atoms with Crippen molar-refractivity contribution in [1.29, 1.82) is 0 Å². The minimum absolute atomic E-state index is 0.183. The van der Waals surface area contributed by atoms with Crippen LogP contribution in [0.4, 0.5) is 0 Å². The Morgan fingerprint density at radius 3 is 2.79 bits per heavy atom. The van der Waals surface area contributed by atoms with Crippen LogP contribution < -0.4 is 5.73 Å². The average Bonchev–Trinajstić information content (AvgIpc) is 2.70. The molecule has 14 heavy (non-hydrogen) atoms. The van der Waals surface area contributed by atoms with Crippen molar-refractivity contribution in [2.45, 2.75) is 0 Å². The van der Waals surface area contributed by atoms with E-state index in [4.69, 9.17) is 15.2 Å². The van der Waals surface area contributed by atoms with E-state index in [0.717, 1.165) is 0 Å². The van der Waals surface area contributed by atoms with Gasteiger partial charge in [-0.05, 0) is 6.07 Å². The van der Waals surface area contributed by atoms with Gasteiger partial charge in [0, 0.05) is 5.56 Å². The minimum atomic E-state index is -0.475. The third kappa shape index (κ3) is 1.42. The van der Waals surface area contributed by atoms with Crippen molar-refractivity contribution < 1.29 is 14.3 Å². The van der Waals surface area contributed by atoms with Gasteiger partial charge in [0.1, 0.15) is 6.26 Å². The summed E-state index contributed by atoms with van der Waals surface area (Å²) in [4.78, 5) is 11.1. The second-order valence-corrected chi connectivity index (χ2v) is 2.82. The lowest BCUT2D eigenvalue weighted by molar-refractivity contribution is 0.0979. The Balaban J connectivity index is 2.46. The quantitative estimate of drug-likeness (QED) is 0.761. The Hall–Kier alpha value is -1.97. The van der Waals surface area contributed by atoms with Crippen molar-refractivity contribution in [3.63, 3.8) is 0 Å². The van der Waals surface area contributed by atoms with Crippen LogP contribution in [0.25, 0.3) is 5.76 Å². The Morgan fingerprint density at radius 1 is 1.36 bits per heavy atom. The molecule has 72 valence electrons. The molecule has 2 N–H and O–H groups in total. The van der Waals surface area contributed by atoms with E-state index in [9.17, 15) is 4.79 Å². The van der Waals surface area contributed by atoms with E-state index in [0.29, 0.717) is 16.9 Å². The van der Waals surface area contributed by atoms with Gasteiger partial charge in [-0.2, -0.15) is 0 Å². The molecule has 2 rings (SSSR count). The summed E-state index contributed by atoms with van der Waals surface area (Å²) in [6, 6.07) is 6.98. The number of benzene rings is 1. The summed E-state index contributed by atoms with van der Waals surface area (Å²) in [7, 11) is 0. The zero-order valence-electron chi connectivity index (χ0n) is 7.40. The number of carbonyl (C=O) groups excluding carboxylic acids is 1. The van der Waals surface area contributed by atoms with Gasteiger partial charge in [0.25, 0.3) is 0 Å². The maximum atomic E-state index is 11.1. The molecule has 0 aliphatic carbocycles. The van der Waals surface area contributed by atoms with Crippen molar-refractivity contribution in [1.82, 2.24) is 0 Å². The van der Waals surface area contributed by atoms with Crippen LogP contribution in [0.3, 0.4) is 0 Å². The van der Waals surface area contributed by atoms with Gasteiger partial charge in [-0.3, -0.25) is 4.79 Å². The highest BCUT2D eigenvalue weighted by molar-refractivity contribution is 5.97. The fourth-order valence-electron chi connectivity index (χ4n) is 1.30. The molecule has 1 heterocycles. The highest BCUT2D eigenvalue weighted by Gasteiger charge is 2.15. The molecule has 0 fully saturated rings. The second kappa shape index (κ2) is 3.41. The number of primary amides is 1. The number of hydrogen-bond acceptors (Lipinski definition) is 3. The van der Waals surface area contributed by atoms with E-state index in [1.165, 1.54) is 6.26 Å². The molecule has 1 aliphatic heterocycles. The zero-order chi connectivity index (χ0) is 9.97. The highest BCUT2D eigenvalue weighted by Crippen LogP contribution is 2.23. The van der Waals surface area contributed by atoms with Crippen LogP contribution in [0.2, 0.25) is 0 Å². The highest BCUT2D eigenvalue weighted by atomic mass is 16.7. The van der Waals surface area contributed by atoms with Crippen molar-refractivity contribution in [2.24, 2.45) is 5.73 Å². The van der Waals surface area contributed by atoms with Gasteiger partial charge in [0.15, 0.2) is 5.76 Å².